The number of carbonyl (C=O) groups excluding carboxylic acids is 1. The molecule has 162 valence electrons. The first-order valence-electron chi connectivity index (χ1n) is 10.0. The van der Waals surface area contributed by atoms with Crippen LogP contribution in [-0.2, 0) is 11.3 Å². The van der Waals surface area contributed by atoms with Gasteiger partial charge in [0.05, 0.1) is 26.0 Å². The number of nitrogens with zero attached hydrogens (tertiary/aromatic N) is 2. The van der Waals surface area contributed by atoms with Crippen LogP contribution in [0, 0.1) is 0 Å². The van der Waals surface area contributed by atoms with Gasteiger partial charge in [0.2, 0.25) is 0 Å². The number of aromatic nitrogens is 2. The fourth-order valence-corrected chi connectivity index (χ4v) is 2.97. The summed E-state index contributed by atoms with van der Waals surface area (Å²) in [7, 11) is 1.58. The summed E-state index contributed by atoms with van der Waals surface area (Å²) in [5, 5.41) is 10.1. The summed E-state index contributed by atoms with van der Waals surface area (Å²) >= 11 is 0. The van der Waals surface area contributed by atoms with Gasteiger partial charge in [0, 0.05) is 24.9 Å². The van der Waals surface area contributed by atoms with Crippen molar-refractivity contribution in [1.82, 2.24) is 15.1 Å². The number of carbonyl (C=O) groups is 1. The Bertz CT molecular complexity index is 1070. The first kappa shape index (κ1) is 22.0. The second kappa shape index (κ2) is 10.9. The van der Waals surface area contributed by atoms with Gasteiger partial charge in [0.25, 0.3) is 11.5 Å². The van der Waals surface area contributed by atoms with Crippen molar-refractivity contribution >= 4 is 17.3 Å². The zero-order valence-corrected chi connectivity index (χ0v) is 17.6. The molecule has 3 aromatic rings. The maximum Gasteiger partial charge on any atom is 0.294 e. The zero-order valence-electron chi connectivity index (χ0n) is 17.6. The van der Waals surface area contributed by atoms with Crippen molar-refractivity contribution in [3.05, 3.63) is 82.3 Å². The van der Waals surface area contributed by atoms with Gasteiger partial charge in [-0.05, 0) is 30.7 Å². The van der Waals surface area contributed by atoms with Crippen molar-refractivity contribution in [2.45, 2.75) is 13.5 Å². The van der Waals surface area contributed by atoms with E-state index in [9.17, 15) is 9.59 Å². The van der Waals surface area contributed by atoms with Gasteiger partial charge >= 0.3 is 0 Å². The lowest BCUT2D eigenvalue weighted by molar-refractivity contribution is 0.0937. The third-order valence-electron chi connectivity index (χ3n) is 4.47. The van der Waals surface area contributed by atoms with E-state index in [2.05, 4.69) is 15.7 Å². The summed E-state index contributed by atoms with van der Waals surface area (Å²) < 4.78 is 11.9. The highest BCUT2D eigenvalue weighted by molar-refractivity contribution is 5.95. The maximum atomic E-state index is 13.1. The molecular formula is C23H26N4O4. The normalized spacial score (nSPS) is 10.5. The summed E-state index contributed by atoms with van der Waals surface area (Å²) in [4.78, 5) is 25.5. The highest BCUT2D eigenvalue weighted by atomic mass is 16.5. The highest BCUT2D eigenvalue weighted by Crippen LogP contribution is 2.24. The van der Waals surface area contributed by atoms with Crippen LogP contribution in [-0.4, -0.2) is 42.6 Å². The molecule has 0 atom stereocenters. The predicted octanol–water partition coefficient (Wildman–Crippen LogP) is 2.81. The number of hydrogen-bond acceptors (Lipinski definition) is 6. The Balaban J connectivity index is 1.87. The van der Waals surface area contributed by atoms with Crippen LogP contribution in [0.15, 0.2) is 65.6 Å². The minimum Gasteiger partial charge on any atom is -0.490 e. The molecule has 0 fully saturated rings. The topological polar surface area (TPSA) is 94.5 Å². The van der Waals surface area contributed by atoms with Gasteiger partial charge in [-0.25, -0.2) is 4.68 Å². The van der Waals surface area contributed by atoms with Gasteiger partial charge < -0.3 is 20.1 Å². The molecule has 0 bridgehead atoms. The van der Waals surface area contributed by atoms with E-state index < -0.39 is 0 Å². The van der Waals surface area contributed by atoms with Gasteiger partial charge in [0.15, 0.2) is 11.4 Å². The second-order valence-electron chi connectivity index (χ2n) is 6.72. The fraction of sp³-hybridized carbons (Fsp3) is 0.261. The van der Waals surface area contributed by atoms with Crippen LogP contribution < -0.4 is 20.9 Å². The highest BCUT2D eigenvalue weighted by Gasteiger charge is 2.14. The van der Waals surface area contributed by atoms with Crippen LogP contribution in [0.5, 0.6) is 5.75 Å². The number of anilines is 2. The third kappa shape index (κ3) is 5.93. The molecule has 0 saturated carbocycles. The number of nitrogens with one attached hydrogen (secondary N) is 2. The molecule has 31 heavy (non-hydrogen) atoms. The summed E-state index contributed by atoms with van der Waals surface area (Å²) in [5.74, 6) is 0.133. The minimum absolute atomic E-state index is 0.220. The summed E-state index contributed by atoms with van der Waals surface area (Å²) in [6.07, 6.45) is 1.53. The molecule has 0 saturated heterocycles. The van der Waals surface area contributed by atoms with Crippen molar-refractivity contribution in [2.75, 3.05) is 32.2 Å². The lowest BCUT2D eigenvalue weighted by Gasteiger charge is -2.14. The Morgan fingerprint density at radius 3 is 2.68 bits per heavy atom. The number of methoxy groups -OCH3 is 1. The Morgan fingerprint density at radius 1 is 1.13 bits per heavy atom. The van der Waals surface area contributed by atoms with Crippen molar-refractivity contribution in [3.63, 3.8) is 0 Å². The van der Waals surface area contributed by atoms with Gasteiger partial charge in [-0.3, -0.25) is 9.59 Å². The van der Waals surface area contributed by atoms with E-state index in [0.717, 1.165) is 5.56 Å². The lowest BCUT2D eigenvalue weighted by Crippen LogP contribution is -2.27. The van der Waals surface area contributed by atoms with Crippen LogP contribution in [0.3, 0.4) is 0 Å². The van der Waals surface area contributed by atoms with Crippen LogP contribution >= 0.6 is 0 Å². The molecule has 0 aliphatic carbocycles. The zero-order chi connectivity index (χ0) is 22.1. The average molecular weight is 422 g/mol. The van der Waals surface area contributed by atoms with E-state index in [1.54, 1.807) is 31.4 Å². The summed E-state index contributed by atoms with van der Waals surface area (Å²) in [6, 6.07) is 16.5. The van der Waals surface area contributed by atoms with E-state index >= 15 is 0 Å². The molecule has 0 aliphatic rings. The number of ether oxygens (including phenoxy) is 2. The summed E-state index contributed by atoms with van der Waals surface area (Å²) in [6.45, 7) is 3.41. The number of rotatable bonds is 10. The van der Waals surface area contributed by atoms with E-state index in [4.69, 9.17) is 9.47 Å². The molecule has 8 heteroatoms. The van der Waals surface area contributed by atoms with Gasteiger partial charge in [0.1, 0.15) is 0 Å². The fourth-order valence-electron chi connectivity index (χ4n) is 2.97. The maximum absolute atomic E-state index is 13.1. The predicted molar refractivity (Wildman–Crippen MR) is 119 cm³/mol. The minimum atomic E-state index is -0.315. The first-order valence-corrected chi connectivity index (χ1v) is 10.0. The number of hydrogen-bond donors (Lipinski definition) is 2. The third-order valence-corrected chi connectivity index (χ3v) is 4.47. The molecule has 0 aliphatic heterocycles. The van der Waals surface area contributed by atoms with Crippen molar-refractivity contribution in [1.29, 1.82) is 0 Å². The molecule has 0 radical (unpaired) electrons. The smallest absolute Gasteiger partial charge is 0.294 e. The van der Waals surface area contributed by atoms with Crippen LogP contribution in [0.1, 0.15) is 22.8 Å². The van der Waals surface area contributed by atoms with Crippen molar-refractivity contribution in [3.8, 4) is 5.75 Å². The van der Waals surface area contributed by atoms with Crippen LogP contribution in [0.2, 0.25) is 0 Å². The average Bonchev–Trinajstić information content (AvgIpc) is 2.79. The Labute approximate surface area is 180 Å². The molecule has 1 heterocycles. The molecule has 1 aromatic heterocycles. The number of amides is 1. The largest absolute Gasteiger partial charge is 0.490 e. The summed E-state index contributed by atoms with van der Waals surface area (Å²) in [5.41, 5.74) is 1.98. The van der Waals surface area contributed by atoms with E-state index in [-0.39, 0.29) is 17.2 Å². The van der Waals surface area contributed by atoms with Gasteiger partial charge in [-0.15, -0.1) is 0 Å². The molecule has 2 aromatic carbocycles. The van der Waals surface area contributed by atoms with E-state index in [1.165, 1.54) is 10.9 Å². The SMILES string of the molecule is CCOc1cnn(Cc2ccccc2)c(=O)c1Nc1cccc(C(=O)NCCOC)c1. The molecule has 1 amide bonds. The van der Waals surface area contributed by atoms with Crippen LogP contribution in [0.4, 0.5) is 11.4 Å². The van der Waals surface area contributed by atoms with Crippen molar-refractivity contribution < 1.29 is 14.3 Å². The van der Waals surface area contributed by atoms with Gasteiger partial charge in [-0.2, -0.15) is 5.10 Å². The quantitative estimate of drug-likeness (QED) is 0.488. The molecule has 3 rings (SSSR count). The Kier molecular flexibility index (Phi) is 7.78. The Morgan fingerprint density at radius 2 is 1.94 bits per heavy atom. The monoisotopic (exact) mass is 422 g/mol. The molecule has 8 nitrogen and oxygen atoms in total. The standard InChI is InChI=1S/C23H26N4O4/c1-3-31-20-15-25-27(16-17-8-5-4-6-9-17)23(29)21(20)26-19-11-7-10-18(14-19)22(28)24-12-13-30-2/h4-11,14-15,26H,3,12-13,16H2,1-2H3,(H,24,28). The molecule has 2 N–H and O–H groups in total. The lowest BCUT2D eigenvalue weighted by atomic mass is 10.2. The van der Waals surface area contributed by atoms with E-state index in [1.807, 2.05) is 37.3 Å². The van der Waals surface area contributed by atoms with Crippen LogP contribution in [0.25, 0.3) is 0 Å². The molecular weight excluding hydrogens is 396 g/mol. The molecule has 0 unspecified atom stereocenters. The Hall–Kier alpha value is -3.65. The van der Waals surface area contributed by atoms with Gasteiger partial charge in [-0.1, -0.05) is 36.4 Å². The first-order chi connectivity index (χ1) is 15.1. The van der Waals surface area contributed by atoms with E-state index in [0.29, 0.717) is 43.3 Å². The molecule has 0 spiro atoms. The second-order valence-corrected chi connectivity index (χ2v) is 6.72. The number of benzene rings is 2. The van der Waals surface area contributed by atoms with Crippen molar-refractivity contribution in [2.24, 2.45) is 0 Å².